The third kappa shape index (κ3) is 3.56. The van der Waals surface area contributed by atoms with Crippen molar-refractivity contribution in [3.8, 4) is 0 Å². The van der Waals surface area contributed by atoms with Crippen LogP contribution in [-0.4, -0.2) is 41.2 Å². The van der Waals surface area contributed by atoms with Crippen molar-refractivity contribution in [2.24, 2.45) is 11.8 Å². The van der Waals surface area contributed by atoms with E-state index in [4.69, 9.17) is 10.6 Å². The molecule has 9 nitrogen and oxygen atoms in total. The monoisotopic (exact) mass is 296 g/mol. The summed E-state index contributed by atoms with van der Waals surface area (Å²) in [4.78, 5) is 20.6. The van der Waals surface area contributed by atoms with E-state index in [1.54, 1.807) is 7.11 Å². The average molecular weight is 296 g/mol. The van der Waals surface area contributed by atoms with Gasteiger partial charge < -0.3 is 9.64 Å². The highest BCUT2D eigenvalue weighted by Crippen LogP contribution is 2.38. The molecule has 1 saturated carbocycles. The highest BCUT2D eigenvalue weighted by Gasteiger charge is 2.35. The molecule has 0 amide bonds. The van der Waals surface area contributed by atoms with Gasteiger partial charge in [0.2, 0.25) is 11.8 Å². The minimum absolute atomic E-state index is 0.127. The van der Waals surface area contributed by atoms with Crippen LogP contribution in [0, 0.1) is 16.0 Å². The van der Waals surface area contributed by atoms with Gasteiger partial charge in [0.25, 0.3) is 0 Å². The van der Waals surface area contributed by atoms with Crippen molar-refractivity contribution < 1.29 is 9.66 Å². The molecule has 2 rings (SSSR count). The third-order valence-corrected chi connectivity index (χ3v) is 3.68. The number of nitro groups is 1. The van der Waals surface area contributed by atoms with Gasteiger partial charge in [0, 0.05) is 19.7 Å². The van der Waals surface area contributed by atoms with Crippen LogP contribution in [0.15, 0.2) is 6.20 Å². The van der Waals surface area contributed by atoms with E-state index in [9.17, 15) is 10.1 Å². The summed E-state index contributed by atoms with van der Waals surface area (Å²) in [6, 6.07) is 0.152. The van der Waals surface area contributed by atoms with Crippen molar-refractivity contribution >= 4 is 17.5 Å². The van der Waals surface area contributed by atoms with Gasteiger partial charge in [-0.3, -0.25) is 15.5 Å². The van der Waals surface area contributed by atoms with Crippen LogP contribution < -0.4 is 16.2 Å². The number of nitrogens with two attached hydrogens (primary N) is 1. The normalized spacial score (nSPS) is 15.6. The highest BCUT2D eigenvalue weighted by atomic mass is 16.6. The Morgan fingerprint density at radius 1 is 1.67 bits per heavy atom. The molecule has 0 bridgehead atoms. The highest BCUT2D eigenvalue weighted by molar-refractivity contribution is 5.59. The van der Waals surface area contributed by atoms with E-state index in [0.29, 0.717) is 19.1 Å². The second-order valence-electron chi connectivity index (χ2n) is 5.07. The summed E-state index contributed by atoms with van der Waals surface area (Å²) in [6.45, 7) is 3.04. The van der Waals surface area contributed by atoms with Gasteiger partial charge >= 0.3 is 5.69 Å². The first-order valence-electron chi connectivity index (χ1n) is 6.82. The molecular formula is C12H20N6O3. The van der Waals surface area contributed by atoms with E-state index in [-0.39, 0.29) is 23.5 Å². The van der Waals surface area contributed by atoms with Crippen LogP contribution >= 0.6 is 0 Å². The zero-order chi connectivity index (χ0) is 15.4. The van der Waals surface area contributed by atoms with Crippen molar-refractivity contribution in [2.45, 2.75) is 25.8 Å². The molecule has 1 heterocycles. The average Bonchev–Trinajstić information content (AvgIpc) is 3.31. The van der Waals surface area contributed by atoms with E-state index < -0.39 is 4.92 Å². The number of aromatic nitrogens is 2. The number of nitrogens with one attached hydrogen (secondary N) is 1. The van der Waals surface area contributed by atoms with Gasteiger partial charge in [0.15, 0.2) is 0 Å². The number of hydrogen-bond donors (Lipinski definition) is 2. The van der Waals surface area contributed by atoms with Crippen LogP contribution in [0.5, 0.6) is 0 Å². The maximum atomic E-state index is 11.2. The second-order valence-corrected chi connectivity index (χ2v) is 5.07. The van der Waals surface area contributed by atoms with Crippen LogP contribution in [0.3, 0.4) is 0 Å². The molecule has 1 aromatic heterocycles. The molecule has 21 heavy (non-hydrogen) atoms. The number of nitrogen functional groups attached to an aromatic ring is 1. The van der Waals surface area contributed by atoms with Crippen molar-refractivity contribution in [1.82, 2.24) is 9.97 Å². The SMILES string of the molecule is COCCN(c1nc(NN)ncc1[N+](=O)[O-])C(C)C1CC1. The summed E-state index contributed by atoms with van der Waals surface area (Å²) in [6.07, 6.45) is 3.44. The van der Waals surface area contributed by atoms with Gasteiger partial charge in [-0.1, -0.05) is 0 Å². The van der Waals surface area contributed by atoms with Crippen LogP contribution in [-0.2, 0) is 4.74 Å². The Kier molecular flexibility index (Phi) is 4.86. The number of anilines is 2. The number of hydrogen-bond acceptors (Lipinski definition) is 8. The van der Waals surface area contributed by atoms with Crippen molar-refractivity contribution in [3.63, 3.8) is 0 Å². The van der Waals surface area contributed by atoms with Crippen molar-refractivity contribution in [1.29, 1.82) is 0 Å². The Hall–Kier alpha value is -2.00. The fourth-order valence-electron chi connectivity index (χ4n) is 2.30. The molecule has 0 saturated heterocycles. The molecule has 1 fully saturated rings. The van der Waals surface area contributed by atoms with Gasteiger partial charge in [0.1, 0.15) is 6.20 Å². The molecule has 0 radical (unpaired) electrons. The molecule has 1 unspecified atom stereocenters. The first-order valence-corrected chi connectivity index (χ1v) is 6.82. The van der Waals surface area contributed by atoms with Crippen LogP contribution in [0.4, 0.5) is 17.5 Å². The maximum absolute atomic E-state index is 11.2. The van der Waals surface area contributed by atoms with Gasteiger partial charge in [-0.15, -0.1) is 0 Å². The number of ether oxygens (including phenoxy) is 1. The molecule has 1 atom stereocenters. The fourth-order valence-corrected chi connectivity index (χ4v) is 2.30. The molecular weight excluding hydrogens is 276 g/mol. The first kappa shape index (κ1) is 15.4. The van der Waals surface area contributed by atoms with Gasteiger partial charge in [-0.2, -0.15) is 4.98 Å². The summed E-state index contributed by atoms with van der Waals surface area (Å²) in [5.74, 6) is 6.27. The number of nitrogens with zero attached hydrogens (tertiary/aromatic N) is 4. The molecule has 0 aliphatic heterocycles. The predicted octanol–water partition coefficient (Wildman–Crippen LogP) is 0.922. The second kappa shape index (κ2) is 6.64. The molecule has 0 spiro atoms. The van der Waals surface area contributed by atoms with Crippen molar-refractivity contribution in [3.05, 3.63) is 16.3 Å². The summed E-state index contributed by atoms with van der Waals surface area (Å²) in [5, 5.41) is 11.2. The summed E-state index contributed by atoms with van der Waals surface area (Å²) < 4.78 is 5.11. The zero-order valence-corrected chi connectivity index (χ0v) is 12.2. The lowest BCUT2D eigenvalue weighted by Crippen LogP contribution is -2.38. The van der Waals surface area contributed by atoms with Crippen LogP contribution in [0.1, 0.15) is 19.8 Å². The number of methoxy groups -OCH3 is 1. The van der Waals surface area contributed by atoms with E-state index in [2.05, 4.69) is 22.3 Å². The van der Waals surface area contributed by atoms with Gasteiger partial charge in [-0.05, 0) is 25.7 Å². The molecule has 116 valence electrons. The lowest BCUT2D eigenvalue weighted by atomic mass is 10.1. The Labute approximate surface area is 122 Å². The topological polar surface area (TPSA) is 119 Å². The Bertz CT molecular complexity index is 508. The summed E-state index contributed by atoms with van der Waals surface area (Å²) in [5.41, 5.74) is 2.20. The summed E-state index contributed by atoms with van der Waals surface area (Å²) >= 11 is 0. The Morgan fingerprint density at radius 3 is 2.90 bits per heavy atom. The minimum Gasteiger partial charge on any atom is -0.383 e. The fraction of sp³-hybridized carbons (Fsp3) is 0.667. The molecule has 3 N–H and O–H groups in total. The van der Waals surface area contributed by atoms with Crippen molar-refractivity contribution in [2.75, 3.05) is 30.6 Å². The quantitative estimate of drug-likeness (QED) is 0.413. The molecule has 9 heteroatoms. The Morgan fingerprint density at radius 2 is 2.38 bits per heavy atom. The third-order valence-electron chi connectivity index (χ3n) is 3.68. The zero-order valence-electron chi connectivity index (χ0n) is 12.2. The predicted molar refractivity (Wildman–Crippen MR) is 77.9 cm³/mol. The minimum atomic E-state index is -0.477. The molecule has 1 aliphatic carbocycles. The smallest absolute Gasteiger partial charge is 0.329 e. The standard InChI is InChI=1S/C12H20N6O3/c1-8(9-3-4-9)17(5-6-21-2)11-10(18(19)20)7-14-12(15-11)16-13/h7-9H,3-6,13H2,1-2H3,(H,14,15,16). The Balaban J connectivity index is 2.37. The molecule has 0 aromatic carbocycles. The van der Waals surface area contributed by atoms with Gasteiger partial charge in [-0.25, -0.2) is 10.8 Å². The van der Waals surface area contributed by atoms with E-state index in [1.165, 1.54) is 6.20 Å². The largest absolute Gasteiger partial charge is 0.383 e. The lowest BCUT2D eigenvalue weighted by molar-refractivity contribution is -0.384. The van der Waals surface area contributed by atoms with Crippen LogP contribution in [0.2, 0.25) is 0 Å². The van der Waals surface area contributed by atoms with E-state index in [0.717, 1.165) is 12.8 Å². The van der Waals surface area contributed by atoms with E-state index in [1.807, 2.05) is 4.90 Å². The van der Waals surface area contributed by atoms with Crippen LogP contribution in [0.25, 0.3) is 0 Å². The number of rotatable bonds is 8. The molecule has 1 aliphatic rings. The first-order chi connectivity index (χ1) is 10.1. The molecule has 1 aromatic rings. The van der Waals surface area contributed by atoms with Gasteiger partial charge in [0.05, 0.1) is 11.5 Å². The van der Waals surface area contributed by atoms with E-state index >= 15 is 0 Å². The summed E-state index contributed by atoms with van der Waals surface area (Å²) in [7, 11) is 1.60. The maximum Gasteiger partial charge on any atom is 0.329 e. The lowest BCUT2D eigenvalue weighted by Gasteiger charge is -2.29. The number of hydrazine groups is 1.